The minimum atomic E-state index is 0.119. The van der Waals surface area contributed by atoms with Crippen LogP contribution in [0.15, 0.2) is 35.9 Å². The van der Waals surface area contributed by atoms with Gasteiger partial charge in [-0.05, 0) is 100 Å². The van der Waals surface area contributed by atoms with E-state index in [2.05, 4.69) is 59.4 Å². The van der Waals surface area contributed by atoms with E-state index in [0.29, 0.717) is 14.7 Å². The highest BCUT2D eigenvalue weighted by Crippen LogP contribution is 2.48. The first-order chi connectivity index (χ1) is 16.8. The van der Waals surface area contributed by atoms with Crippen LogP contribution in [-0.4, -0.2) is 20.3 Å². The third kappa shape index (κ3) is 9.87. The van der Waals surface area contributed by atoms with Gasteiger partial charge >= 0.3 is 0 Å². The molecule has 2 nitrogen and oxygen atoms in total. The summed E-state index contributed by atoms with van der Waals surface area (Å²) in [5.74, 6) is 3.96. The standard InChI is InChI=1S/C29H42O2S4/c1-7-10-11-12-22-18-25(30-28(32)34-15-8-2)27(26(19-22)31-29(33)35-16-9-3)24-17-21(6)13-14-23(24)20(4)5/h17-19,23-24H,4,7-16H2,1-3,5-6H3/t23-,24+/m0/s1. The van der Waals surface area contributed by atoms with Crippen LogP contribution in [-0.2, 0) is 6.42 Å². The first-order valence-electron chi connectivity index (χ1n) is 13.0. The van der Waals surface area contributed by atoms with Crippen LogP contribution in [0.25, 0.3) is 0 Å². The molecule has 0 fully saturated rings. The van der Waals surface area contributed by atoms with Gasteiger partial charge in [0.1, 0.15) is 11.5 Å². The van der Waals surface area contributed by atoms with Gasteiger partial charge in [0, 0.05) is 23.0 Å². The van der Waals surface area contributed by atoms with E-state index in [1.54, 1.807) is 23.5 Å². The van der Waals surface area contributed by atoms with Crippen molar-refractivity contribution >= 4 is 56.7 Å². The molecule has 1 aliphatic carbocycles. The molecule has 1 aromatic rings. The van der Waals surface area contributed by atoms with Crippen LogP contribution in [0, 0.1) is 5.92 Å². The molecule has 0 heterocycles. The molecule has 0 aliphatic heterocycles. The van der Waals surface area contributed by atoms with Gasteiger partial charge < -0.3 is 9.47 Å². The number of rotatable bonds is 12. The smallest absolute Gasteiger partial charge is 0.225 e. The Morgan fingerprint density at radius 1 is 0.971 bits per heavy atom. The average Bonchev–Trinajstić information content (AvgIpc) is 2.81. The van der Waals surface area contributed by atoms with Crippen molar-refractivity contribution in [3.63, 3.8) is 0 Å². The second-order valence-electron chi connectivity index (χ2n) is 9.39. The third-order valence-corrected chi connectivity index (χ3v) is 8.92. The monoisotopic (exact) mass is 550 g/mol. The zero-order valence-corrected chi connectivity index (χ0v) is 25.4. The van der Waals surface area contributed by atoms with E-state index >= 15 is 0 Å². The molecule has 0 radical (unpaired) electrons. The van der Waals surface area contributed by atoms with Crippen molar-refractivity contribution in [2.45, 2.75) is 91.9 Å². The van der Waals surface area contributed by atoms with Crippen LogP contribution < -0.4 is 9.47 Å². The molecule has 1 aromatic carbocycles. The molecule has 0 unspecified atom stereocenters. The largest absolute Gasteiger partial charge is 0.439 e. The van der Waals surface area contributed by atoms with E-state index in [9.17, 15) is 0 Å². The molecule has 0 amide bonds. The van der Waals surface area contributed by atoms with Crippen LogP contribution in [0.4, 0.5) is 0 Å². The molecule has 6 heteroatoms. The van der Waals surface area contributed by atoms with Crippen molar-refractivity contribution in [1.82, 2.24) is 0 Å². The minimum absolute atomic E-state index is 0.119. The minimum Gasteiger partial charge on any atom is -0.439 e. The van der Waals surface area contributed by atoms with Gasteiger partial charge in [0.25, 0.3) is 0 Å². The average molecular weight is 551 g/mol. The number of aryl methyl sites for hydroxylation is 1. The lowest BCUT2D eigenvalue weighted by molar-refractivity contribution is 0.452. The second kappa shape index (κ2) is 16.1. The lowest BCUT2D eigenvalue weighted by Gasteiger charge is -2.33. The van der Waals surface area contributed by atoms with E-state index in [1.807, 2.05) is 0 Å². The van der Waals surface area contributed by atoms with Gasteiger partial charge in [-0.1, -0.05) is 80.9 Å². The fraction of sp³-hybridized carbons (Fsp3) is 0.586. The molecule has 194 valence electrons. The summed E-state index contributed by atoms with van der Waals surface area (Å²) in [5, 5.41) is 0. The molecule has 0 spiro atoms. The Labute approximate surface area is 233 Å². The zero-order chi connectivity index (χ0) is 25.8. The van der Waals surface area contributed by atoms with Crippen LogP contribution in [0.1, 0.15) is 96.6 Å². The molecule has 2 atom stereocenters. The van der Waals surface area contributed by atoms with Gasteiger partial charge in [0.2, 0.25) is 8.77 Å². The zero-order valence-electron chi connectivity index (χ0n) is 22.1. The highest BCUT2D eigenvalue weighted by atomic mass is 32.2. The summed E-state index contributed by atoms with van der Waals surface area (Å²) < 4.78 is 14.0. The van der Waals surface area contributed by atoms with E-state index < -0.39 is 0 Å². The summed E-state index contributed by atoms with van der Waals surface area (Å²) in [7, 11) is 0. The van der Waals surface area contributed by atoms with Crippen LogP contribution in [0.5, 0.6) is 11.5 Å². The van der Waals surface area contributed by atoms with Crippen LogP contribution in [0.3, 0.4) is 0 Å². The van der Waals surface area contributed by atoms with Crippen LogP contribution >= 0.6 is 48.0 Å². The predicted molar refractivity (Wildman–Crippen MR) is 166 cm³/mol. The maximum Gasteiger partial charge on any atom is 0.225 e. The third-order valence-electron chi connectivity index (χ3n) is 6.18. The Hall–Kier alpha value is -0.820. The van der Waals surface area contributed by atoms with Gasteiger partial charge in [0.15, 0.2) is 0 Å². The van der Waals surface area contributed by atoms with Gasteiger partial charge in [-0.2, -0.15) is 0 Å². The second-order valence-corrected chi connectivity index (χ2v) is 12.8. The van der Waals surface area contributed by atoms with Gasteiger partial charge in [-0.3, -0.25) is 0 Å². The first-order valence-corrected chi connectivity index (χ1v) is 15.8. The molecule has 0 saturated heterocycles. The summed E-state index contributed by atoms with van der Waals surface area (Å²) in [6.45, 7) is 15.2. The Bertz CT molecular complexity index is 863. The number of thiocarbonyl (C=S) groups is 2. The van der Waals surface area contributed by atoms with E-state index in [0.717, 1.165) is 67.1 Å². The molecular formula is C29H42O2S4. The van der Waals surface area contributed by atoms with Crippen molar-refractivity contribution in [1.29, 1.82) is 0 Å². The highest BCUT2D eigenvalue weighted by molar-refractivity contribution is 8.23. The topological polar surface area (TPSA) is 18.5 Å². The number of allylic oxidation sites excluding steroid dienone is 3. The Balaban J connectivity index is 2.62. The van der Waals surface area contributed by atoms with Gasteiger partial charge in [-0.25, -0.2) is 0 Å². The molecule has 35 heavy (non-hydrogen) atoms. The number of benzene rings is 1. The lowest BCUT2D eigenvalue weighted by Crippen LogP contribution is -2.20. The molecule has 2 rings (SSSR count). The summed E-state index contributed by atoms with van der Waals surface area (Å²) in [5.41, 5.74) is 4.84. The van der Waals surface area contributed by atoms with Crippen molar-refractivity contribution in [2.75, 3.05) is 11.5 Å². The number of hydrogen-bond acceptors (Lipinski definition) is 6. The molecule has 0 aromatic heterocycles. The first kappa shape index (κ1) is 30.4. The fourth-order valence-electron chi connectivity index (χ4n) is 4.39. The summed E-state index contributed by atoms with van der Waals surface area (Å²) >= 11 is 14.5. The Morgan fingerprint density at radius 2 is 1.54 bits per heavy atom. The molecular weight excluding hydrogens is 509 g/mol. The summed E-state index contributed by atoms with van der Waals surface area (Å²) in [6, 6.07) is 4.37. The number of thioether (sulfide) groups is 2. The van der Waals surface area contributed by atoms with E-state index in [-0.39, 0.29) is 5.92 Å². The molecule has 0 bridgehead atoms. The fourth-order valence-corrected chi connectivity index (χ4v) is 6.11. The van der Waals surface area contributed by atoms with E-state index in [1.165, 1.54) is 29.6 Å². The summed E-state index contributed by atoms with van der Waals surface area (Å²) in [4.78, 5) is 0. The van der Waals surface area contributed by atoms with Crippen molar-refractivity contribution in [3.8, 4) is 11.5 Å². The van der Waals surface area contributed by atoms with Crippen molar-refractivity contribution in [3.05, 3.63) is 47.1 Å². The van der Waals surface area contributed by atoms with Gasteiger partial charge in [-0.15, -0.1) is 0 Å². The van der Waals surface area contributed by atoms with Gasteiger partial charge in [0.05, 0.1) is 0 Å². The van der Waals surface area contributed by atoms with Crippen LogP contribution in [0.2, 0.25) is 0 Å². The van der Waals surface area contributed by atoms with E-state index in [4.69, 9.17) is 33.9 Å². The normalized spacial score (nSPS) is 17.6. The van der Waals surface area contributed by atoms with Crippen molar-refractivity contribution in [2.24, 2.45) is 5.92 Å². The molecule has 0 saturated carbocycles. The summed E-state index contributed by atoms with van der Waals surface area (Å²) in [6.07, 6.45) is 11.1. The highest BCUT2D eigenvalue weighted by Gasteiger charge is 2.32. The Morgan fingerprint density at radius 3 is 2.03 bits per heavy atom. The maximum absolute atomic E-state index is 6.42. The van der Waals surface area contributed by atoms with Crippen molar-refractivity contribution < 1.29 is 9.47 Å². The SMILES string of the molecule is C=C(C)[C@@H]1CCC(C)=C[C@H]1c1c(OC(=S)SCCC)cc(CCCCC)cc1OC(=S)SCCC. The predicted octanol–water partition coefficient (Wildman–Crippen LogP) is 10.0. The molecule has 1 aliphatic rings. The lowest BCUT2D eigenvalue weighted by atomic mass is 9.73. The maximum atomic E-state index is 6.42. The number of unbranched alkanes of at least 4 members (excludes halogenated alkanes) is 2. The number of hydrogen-bond donors (Lipinski definition) is 0. The number of ether oxygens (including phenoxy) is 2. The Kier molecular flexibility index (Phi) is 14.0. The quantitative estimate of drug-likeness (QED) is 0.145. The molecule has 0 N–H and O–H groups in total.